The lowest BCUT2D eigenvalue weighted by Crippen LogP contribution is -2.26. The molecular weight excluding hydrogens is 436 g/mol. The fraction of sp³-hybridized carbons (Fsp3) is 0.103. The van der Waals surface area contributed by atoms with E-state index in [4.69, 9.17) is 4.42 Å². The number of nitrogens with zero attached hydrogens (tertiary/aromatic N) is 2. The molecule has 0 fully saturated rings. The number of carbonyl (C=O) groups excluding carboxylic acids is 1. The Morgan fingerprint density at radius 3 is 2.57 bits per heavy atom. The molecule has 0 aliphatic rings. The maximum Gasteiger partial charge on any atom is 0.273 e. The molecule has 1 amide bonds. The van der Waals surface area contributed by atoms with Crippen LogP contribution < -0.4 is 5.32 Å². The molecule has 6 heteroatoms. The molecule has 6 nitrogen and oxygen atoms in total. The van der Waals surface area contributed by atoms with Crippen LogP contribution in [0.15, 0.2) is 95.7 Å². The maximum atomic E-state index is 13.4. The lowest BCUT2D eigenvalue weighted by Gasteiger charge is -2.04. The van der Waals surface area contributed by atoms with E-state index in [2.05, 4.69) is 21.4 Å². The highest BCUT2D eigenvalue weighted by molar-refractivity contribution is 6.03. The van der Waals surface area contributed by atoms with Gasteiger partial charge < -0.3 is 19.3 Å². The summed E-state index contributed by atoms with van der Waals surface area (Å²) in [4.78, 5) is 21.3. The van der Waals surface area contributed by atoms with Crippen LogP contribution in [0.25, 0.3) is 44.6 Å². The molecule has 35 heavy (non-hydrogen) atoms. The maximum absolute atomic E-state index is 13.4. The van der Waals surface area contributed by atoms with Crippen molar-refractivity contribution in [3.63, 3.8) is 0 Å². The van der Waals surface area contributed by atoms with Crippen LogP contribution in [0.4, 0.5) is 0 Å². The van der Waals surface area contributed by atoms with Crippen molar-refractivity contribution in [1.82, 2.24) is 19.9 Å². The summed E-state index contributed by atoms with van der Waals surface area (Å²) < 4.78 is 8.28. The number of hydrogen-bond donors (Lipinski definition) is 2. The molecule has 3 heterocycles. The van der Waals surface area contributed by atoms with Gasteiger partial charge in [-0.2, -0.15) is 0 Å². The van der Waals surface area contributed by atoms with Crippen molar-refractivity contribution in [2.24, 2.45) is 7.05 Å². The van der Waals surface area contributed by atoms with Crippen LogP contribution in [0.1, 0.15) is 16.1 Å². The number of amides is 1. The molecule has 0 saturated heterocycles. The molecular formula is C29H24N4O2. The van der Waals surface area contributed by atoms with Gasteiger partial charge in [-0.1, -0.05) is 54.6 Å². The summed E-state index contributed by atoms with van der Waals surface area (Å²) in [6.07, 6.45) is 4.70. The predicted molar refractivity (Wildman–Crippen MR) is 138 cm³/mol. The molecule has 0 saturated carbocycles. The summed E-state index contributed by atoms with van der Waals surface area (Å²) in [7, 11) is 1.99. The first-order chi connectivity index (χ1) is 17.2. The molecule has 0 radical (unpaired) electrons. The first-order valence-electron chi connectivity index (χ1n) is 11.6. The topological polar surface area (TPSA) is 75.8 Å². The van der Waals surface area contributed by atoms with Crippen LogP contribution in [0, 0.1) is 0 Å². The van der Waals surface area contributed by atoms with Crippen LogP contribution in [0.5, 0.6) is 0 Å². The minimum Gasteiger partial charge on any atom is -0.435 e. The summed E-state index contributed by atoms with van der Waals surface area (Å²) in [6, 6.07) is 25.9. The molecule has 0 spiro atoms. The summed E-state index contributed by atoms with van der Waals surface area (Å²) in [5.74, 6) is 0.652. The van der Waals surface area contributed by atoms with Crippen molar-refractivity contribution >= 4 is 27.7 Å². The van der Waals surface area contributed by atoms with Gasteiger partial charge in [-0.3, -0.25) is 4.79 Å². The van der Waals surface area contributed by atoms with E-state index in [1.165, 1.54) is 10.9 Å². The van der Waals surface area contributed by atoms with Crippen LogP contribution >= 0.6 is 0 Å². The van der Waals surface area contributed by atoms with Crippen LogP contribution in [0.2, 0.25) is 0 Å². The van der Waals surface area contributed by atoms with E-state index in [0.29, 0.717) is 30.3 Å². The van der Waals surface area contributed by atoms with Gasteiger partial charge >= 0.3 is 0 Å². The van der Waals surface area contributed by atoms with E-state index in [9.17, 15) is 4.79 Å². The molecule has 0 unspecified atom stereocenters. The van der Waals surface area contributed by atoms with Crippen LogP contribution in [-0.4, -0.2) is 27.0 Å². The minimum absolute atomic E-state index is 0.251. The number of oxazole rings is 1. The van der Waals surface area contributed by atoms with E-state index in [1.807, 2.05) is 96.8 Å². The number of H-pyrrole nitrogens is 1. The van der Waals surface area contributed by atoms with Gasteiger partial charge in [0, 0.05) is 58.9 Å². The third-order valence-electron chi connectivity index (χ3n) is 6.36. The fourth-order valence-electron chi connectivity index (χ4n) is 4.62. The lowest BCUT2D eigenvalue weighted by atomic mass is 10.1. The summed E-state index contributed by atoms with van der Waals surface area (Å²) >= 11 is 0. The molecule has 0 bridgehead atoms. The standard InChI is InChI=1S/C29H24N4O2/c1-33-18-23(22-12-6-8-14-25(22)33)27-26(32-29(35-27)19-9-3-2-4-10-19)28(34)30-16-15-20-17-31-24-13-7-5-11-21(20)24/h2-14,17-18,31H,15-16H2,1H3,(H,30,34). The number of para-hydroxylation sites is 2. The molecule has 6 aromatic rings. The highest BCUT2D eigenvalue weighted by Crippen LogP contribution is 2.35. The Hall–Kier alpha value is -4.58. The monoisotopic (exact) mass is 460 g/mol. The van der Waals surface area contributed by atoms with Crippen LogP contribution in [0.3, 0.4) is 0 Å². The van der Waals surface area contributed by atoms with Gasteiger partial charge in [-0.15, -0.1) is 0 Å². The number of aryl methyl sites for hydroxylation is 1. The highest BCUT2D eigenvalue weighted by atomic mass is 16.4. The second-order valence-electron chi connectivity index (χ2n) is 8.60. The summed E-state index contributed by atoms with van der Waals surface area (Å²) in [5.41, 5.74) is 5.28. The molecule has 172 valence electrons. The SMILES string of the molecule is Cn1cc(-c2oc(-c3ccccc3)nc2C(=O)NCCc2c[nH]c3ccccc23)c2ccccc21. The zero-order valence-corrected chi connectivity index (χ0v) is 19.3. The van der Waals surface area contributed by atoms with Gasteiger partial charge in [-0.25, -0.2) is 4.98 Å². The van der Waals surface area contributed by atoms with Crippen molar-refractivity contribution in [2.75, 3.05) is 6.54 Å². The second kappa shape index (κ2) is 8.65. The number of nitrogens with one attached hydrogen (secondary N) is 2. The van der Waals surface area contributed by atoms with Crippen LogP contribution in [-0.2, 0) is 13.5 Å². The van der Waals surface area contributed by atoms with E-state index in [1.54, 1.807) is 0 Å². The number of rotatable bonds is 6. The molecule has 0 aliphatic carbocycles. The van der Waals surface area contributed by atoms with Crippen molar-refractivity contribution < 1.29 is 9.21 Å². The lowest BCUT2D eigenvalue weighted by molar-refractivity contribution is 0.0950. The number of aromatic amines is 1. The van der Waals surface area contributed by atoms with E-state index < -0.39 is 0 Å². The van der Waals surface area contributed by atoms with E-state index in [0.717, 1.165) is 27.5 Å². The number of aromatic nitrogens is 3. The Balaban J connectivity index is 1.34. The molecule has 6 rings (SSSR count). The number of benzene rings is 3. The first kappa shape index (κ1) is 21.0. The normalized spacial score (nSPS) is 11.3. The third-order valence-corrected chi connectivity index (χ3v) is 6.36. The third kappa shape index (κ3) is 3.79. The average Bonchev–Trinajstić information content (AvgIpc) is 3.61. The highest BCUT2D eigenvalue weighted by Gasteiger charge is 2.24. The van der Waals surface area contributed by atoms with Crippen molar-refractivity contribution in [3.05, 3.63) is 103 Å². The fourth-order valence-corrected chi connectivity index (χ4v) is 4.62. The quantitative estimate of drug-likeness (QED) is 0.322. The van der Waals surface area contributed by atoms with E-state index >= 15 is 0 Å². The van der Waals surface area contributed by atoms with E-state index in [-0.39, 0.29) is 5.91 Å². The van der Waals surface area contributed by atoms with Gasteiger partial charge in [0.1, 0.15) is 0 Å². The molecule has 3 aromatic carbocycles. The Labute approximate surface area is 202 Å². The van der Waals surface area contributed by atoms with Crippen molar-refractivity contribution in [1.29, 1.82) is 0 Å². The minimum atomic E-state index is -0.251. The number of fused-ring (bicyclic) bond motifs is 2. The summed E-state index contributed by atoms with van der Waals surface area (Å²) in [6.45, 7) is 0.489. The number of hydrogen-bond acceptors (Lipinski definition) is 3. The van der Waals surface area contributed by atoms with Gasteiger partial charge in [-0.05, 0) is 36.2 Å². The predicted octanol–water partition coefficient (Wildman–Crippen LogP) is 5.95. The Morgan fingerprint density at radius 1 is 0.971 bits per heavy atom. The zero-order valence-electron chi connectivity index (χ0n) is 19.3. The molecule has 0 atom stereocenters. The molecule has 0 aliphatic heterocycles. The van der Waals surface area contributed by atoms with Gasteiger partial charge in [0.25, 0.3) is 5.91 Å². The van der Waals surface area contributed by atoms with Gasteiger partial charge in [0.15, 0.2) is 11.5 Å². The molecule has 3 aromatic heterocycles. The Morgan fingerprint density at radius 2 is 1.71 bits per heavy atom. The van der Waals surface area contributed by atoms with Gasteiger partial charge in [0.05, 0.1) is 0 Å². The van der Waals surface area contributed by atoms with Crippen molar-refractivity contribution in [2.45, 2.75) is 6.42 Å². The average molecular weight is 461 g/mol. The zero-order chi connectivity index (χ0) is 23.8. The summed E-state index contributed by atoms with van der Waals surface area (Å²) in [5, 5.41) is 5.23. The van der Waals surface area contributed by atoms with Gasteiger partial charge in [0.2, 0.25) is 5.89 Å². The first-order valence-corrected chi connectivity index (χ1v) is 11.6. The largest absolute Gasteiger partial charge is 0.435 e. The smallest absolute Gasteiger partial charge is 0.273 e. The molecule has 2 N–H and O–H groups in total. The van der Waals surface area contributed by atoms with Crippen molar-refractivity contribution in [3.8, 4) is 22.8 Å². The Kier molecular flexibility index (Phi) is 5.19. The Bertz CT molecular complexity index is 1660. The second-order valence-corrected chi connectivity index (χ2v) is 8.60. The number of carbonyl (C=O) groups is 1.